The van der Waals surface area contributed by atoms with Gasteiger partial charge in [-0.1, -0.05) is 6.92 Å². The molecule has 0 amide bonds. The fourth-order valence-electron chi connectivity index (χ4n) is 1.77. The van der Waals surface area contributed by atoms with E-state index in [1.54, 1.807) is 6.92 Å². The SMILES string of the molecule is CCS(=O)(=O)CCCC(NN)c1cc(F)cc(F)c1. The molecule has 0 aliphatic heterocycles. The number of hydrazine groups is 1. The van der Waals surface area contributed by atoms with E-state index in [4.69, 9.17) is 5.84 Å². The highest BCUT2D eigenvalue weighted by Crippen LogP contribution is 2.20. The molecular formula is C12H18F2N2O2S. The van der Waals surface area contributed by atoms with Crippen LogP contribution in [0.1, 0.15) is 31.4 Å². The van der Waals surface area contributed by atoms with Crippen LogP contribution in [0.3, 0.4) is 0 Å². The van der Waals surface area contributed by atoms with Crippen molar-refractivity contribution in [1.29, 1.82) is 0 Å². The van der Waals surface area contributed by atoms with Gasteiger partial charge in [0.25, 0.3) is 0 Å². The summed E-state index contributed by atoms with van der Waals surface area (Å²) in [6.07, 6.45) is 0.766. The molecule has 0 radical (unpaired) electrons. The second-order valence-electron chi connectivity index (χ2n) is 4.30. The van der Waals surface area contributed by atoms with Crippen LogP contribution in [0.15, 0.2) is 18.2 Å². The zero-order chi connectivity index (χ0) is 14.5. The summed E-state index contributed by atoms with van der Waals surface area (Å²) in [5.74, 6) is 4.10. The Bertz CT molecular complexity index is 500. The van der Waals surface area contributed by atoms with E-state index < -0.39 is 27.5 Å². The molecule has 1 aromatic carbocycles. The first-order valence-electron chi connectivity index (χ1n) is 6.00. The second-order valence-corrected chi connectivity index (χ2v) is 6.77. The van der Waals surface area contributed by atoms with Crippen molar-refractivity contribution < 1.29 is 17.2 Å². The Hall–Kier alpha value is -1.05. The molecule has 1 unspecified atom stereocenters. The molecule has 0 saturated heterocycles. The summed E-state index contributed by atoms with van der Waals surface area (Å²) in [5.41, 5.74) is 2.82. The summed E-state index contributed by atoms with van der Waals surface area (Å²) in [5, 5.41) is 0. The van der Waals surface area contributed by atoms with Crippen molar-refractivity contribution in [1.82, 2.24) is 5.43 Å². The molecule has 0 aromatic heterocycles. The minimum Gasteiger partial charge on any atom is -0.271 e. The van der Waals surface area contributed by atoms with Crippen LogP contribution >= 0.6 is 0 Å². The minimum absolute atomic E-state index is 0.0411. The molecule has 1 rings (SSSR count). The molecule has 0 fully saturated rings. The van der Waals surface area contributed by atoms with E-state index in [1.807, 2.05) is 0 Å². The Balaban J connectivity index is 2.68. The first kappa shape index (κ1) is 16.0. The predicted octanol–water partition coefficient (Wildman–Crippen LogP) is 1.68. The standard InChI is InChI=1S/C12H18F2N2O2S/c1-2-19(17,18)5-3-4-12(16-15)9-6-10(13)8-11(14)7-9/h6-8,12,16H,2-5,15H2,1H3. The fraction of sp³-hybridized carbons (Fsp3) is 0.500. The highest BCUT2D eigenvalue weighted by atomic mass is 32.2. The quantitative estimate of drug-likeness (QED) is 0.592. The topological polar surface area (TPSA) is 72.2 Å². The van der Waals surface area contributed by atoms with Gasteiger partial charge in [-0.15, -0.1) is 0 Å². The van der Waals surface area contributed by atoms with Crippen molar-refractivity contribution in [2.24, 2.45) is 5.84 Å². The third-order valence-corrected chi connectivity index (χ3v) is 4.67. The molecule has 0 heterocycles. The van der Waals surface area contributed by atoms with Crippen molar-refractivity contribution in [2.75, 3.05) is 11.5 Å². The van der Waals surface area contributed by atoms with Crippen LogP contribution in [0.5, 0.6) is 0 Å². The molecule has 0 aliphatic rings. The zero-order valence-electron chi connectivity index (χ0n) is 10.7. The van der Waals surface area contributed by atoms with E-state index >= 15 is 0 Å². The van der Waals surface area contributed by atoms with E-state index in [0.29, 0.717) is 18.4 Å². The lowest BCUT2D eigenvalue weighted by Gasteiger charge is -2.16. The summed E-state index contributed by atoms with van der Waals surface area (Å²) < 4.78 is 48.9. The normalized spacial score (nSPS) is 13.5. The lowest BCUT2D eigenvalue weighted by molar-refractivity contribution is 0.496. The summed E-state index contributed by atoms with van der Waals surface area (Å²) in [7, 11) is -3.04. The van der Waals surface area contributed by atoms with Crippen LogP contribution in [0.2, 0.25) is 0 Å². The van der Waals surface area contributed by atoms with Crippen LogP contribution in [-0.4, -0.2) is 19.9 Å². The maximum Gasteiger partial charge on any atom is 0.150 e. The summed E-state index contributed by atoms with van der Waals surface area (Å²) >= 11 is 0. The largest absolute Gasteiger partial charge is 0.271 e. The van der Waals surface area contributed by atoms with Crippen molar-refractivity contribution in [3.8, 4) is 0 Å². The fourth-order valence-corrected chi connectivity index (χ4v) is 2.67. The molecule has 1 aromatic rings. The molecule has 108 valence electrons. The monoisotopic (exact) mass is 292 g/mol. The van der Waals surface area contributed by atoms with Crippen molar-refractivity contribution in [2.45, 2.75) is 25.8 Å². The van der Waals surface area contributed by atoms with Gasteiger partial charge in [-0.3, -0.25) is 11.3 Å². The molecule has 19 heavy (non-hydrogen) atoms. The van der Waals surface area contributed by atoms with Crippen LogP contribution in [0.25, 0.3) is 0 Å². The Labute approximate surface area is 111 Å². The number of benzene rings is 1. The Morgan fingerprint density at radius 1 is 1.26 bits per heavy atom. The van der Waals surface area contributed by atoms with Crippen molar-refractivity contribution in [3.05, 3.63) is 35.4 Å². The molecule has 4 nitrogen and oxygen atoms in total. The number of nitrogens with two attached hydrogens (primary N) is 1. The molecule has 1 atom stereocenters. The van der Waals surface area contributed by atoms with E-state index in [2.05, 4.69) is 5.43 Å². The third-order valence-electron chi connectivity index (χ3n) is 2.88. The van der Waals surface area contributed by atoms with Gasteiger partial charge in [-0.05, 0) is 30.5 Å². The number of hydrogen-bond donors (Lipinski definition) is 2. The highest BCUT2D eigenvalue weighted by Gasteiger charge is 2.14. The van der Waals surface area contributed by atoms with Gasteiger partial charge in [0.15, 0.2) is 0 Å². The number of nitrogens with one attached hydrogen (secondary N) is 1. The molecular weight excluding hydrogens is 274 g/mol. The number of sulfone groups is 1. The van der Waals surface area contributed by atoms with Gasteiger partial charge in [-0.2, -0.15) is 0 Å². The maximum atomic E-state index is 13.1. The van der Waals surface area contributed by atoms with E-state index in [1.165, 1.54) is 12.1 Å². The van der Waals surface area contributed by atoms with Crippen LogP contribution in [-0.2, 0) is 9.84 Å². The third kappa shape index (κ3) is 5.22. The van der Waals surface area contributed by atoms with Crippen LogP contribution in [0.4, 0.5) is 8.78 Å². The zero-order valence-corrected chi connectivity index (χ0v) is 11.5. The number of hydrogen-bond acceptors (Lipinski definition) is 4. The summed E-state index contributed by atoms with van der Waals surface area (Å²) in [4.78, 5) is 0. The smallest absolute Gasteiger partial charge is 0.150 e. The average molecular weight is 292 g/mol. The molecule has 0 saturated carbocycles. The summed E-state index contributed by atoms with van der Waals surface area (Å²) in [6.45, 7) is 1.58. The van der Waals surface area contributed by atoms with Gasteiger partial charge >= 0.3 is 0 Å². The lowest BCUT2D eigenvalue weighted by atomic mass is 10.0. The Kier molecular flexibility index (Phi) is 5.84. The van der Waals surface area contributed by atoms with Gasteiger partial charge in [-0.25, -0.2) is 17.2 Å². The minimum atomic E-state index is -3.04. The van der Waals surface area contributed by atoms with E-state index in [-0.39, 0.29) is 11.5 Å². The average Bonchev–Trinajstić information content (AvgIpc) is 2.33. The van der Waals surface area contributed by atoms with Gasteiger partial charge < -0.3 is 0 Å². The molecule has 3 N–H and O–H groups in total. The van der Waals surface area contributed by atoms with Crippen molar-refractivity contribution >= 4 is 9.84 Å². The van der Waals surface area contributed by atoms with E-state index in [9.17, 15) is 17.2 Å². The first-order valence-corrected chi connectivity index (χ1v) is 7.82. The van der Waals surface area contributed by atoms with Gasteiger partial charge in [0.2, 0.25) is 0 Å². The lowest BCUT2D eigenvalue weighted by Crippen LogP contribution is -2.28. The van der Waals surface area contributed by atoms with Crippen molar-refractivity contribution in [3.63, 3.8) is 0 Å². The summed E-state index contributed by atoms with van der Waals surface area (Å²) in [6, 6.07) is 2.67. The number of halogens is 2. The Morgan fingerprint density at radius 2 is 1.84 bits per heavy atom. The Morgan fingerprint density at radius 3 is 2.32 bits per heavy atom. The van der Waals surface area contributed by atoms with Crippen LogP contribution in [0, 0.1) is 11.6 Å². The van der Waals surface area contributed by atoms with Crippen LogP contribution < -0.4 is 11.3 Å². The predicted molar refractivity (Wildman–Crippen MR) is 70.0 cm³/mol. The first-order chi connectivity index (χ1) is 8.88. The molecule has 7 heteroatoms. The number of rotatable bonds is 7. The maximum absolute atomic E-state index is 13.1. The van der Waals surface area contributed by atoms with Gasteiger partial charge in [0.05, 0.1) is 5.75 Å². The molecule has 0 bridgehead atoms. The second kappa shape index (κ2) is 6.93. The molecule has 0 spiro atoms. The van der Waals surface area contributed by atoms with Gasteiger partial charge in [0, 0.05) is 17.9 Å². The highest BCUT2D eigenvalue weighted by molar-refractivity contribution is 7.91. The molecule has 0 aliphatic carbocycles. The van der Waals surface area contributed by atoms with E-state index in [0.717, 1.165) is 6.07 Å². The van der Waals surface area contributed by atoms with Gasteiger partial charge in [0.1, 0.15) is 21.5 Å².